The summed E-state index contributed by atoms with van der Waals surface area (Å²) in [4.78, 5) is 11.9. The molecule has 0 radical (unpaired) electrons. The summed E-state index contributed by atoms with van der Waals surface area (Å²) in [6, 6.07) is 8.26. The fraction of sp³-hybridized carbons (Fsp3) is 0.231. The fourth-order valence-corrected chi connectivity index (χ4v) is 2.31. The van der Waals surface area contributed by atoms with Gasteiger partial charge in [0.2, 0.25) is 0 Å². The van der Waals surface area contributed by atoms with Crippen molar-refractivity contribution in [3.05, 3.63) is 40.2 Å². The van der Waals surface area contributed by atoms with Crippen LogP contribution in [0.5, 0.6) is 5.75 Å². The maximum absolute atomic E-state index is 11.9. The molecule has 5 heteroatoms. The highest BCUT2D eigenvalue weighted by molar-refractivity contribution is 5.88. The molecule has 1 aromatic heterocycles. The molecule has 0 saturated carbocycles. The molecule has 1 unspecified atom stereocenters. The number of nitrogens with zero attached hydrogens (tertiary/aromatic N) is 2. The molecule has 0 aliphatic carbocycles. The lowest BCUT2D eigenvalue weighted by atomic mass is 10.1. The summed E-state index contributed by atoms with van der Waals surface area (Å²) in [5.74, 6) is 0.428. The van der Waals surface area contributed by atoms with Gasteiger partial charge in [0.05, 0.1) is 23.7 Å². The predicted octanol–water partition coefficient (Wildman–Crippen LogP) is 0.799. The molecule has 0 saturated heterocycles. The number of aliphatic hydroxyl groups excluding tert-OH is 1. The van der Waals surface area contributed by atoms with Gasteiger partial charge < -0.3 is 9.84 Å². The number of aliphatic hydroxyl groups is 1. The molecule has 1 N–H and O–H groups in total. The zero-order valence-corrected chi connectivity index (χ0v) is 9.46. The Hall–Kier alpha value is -2.32. The molecule has 0 amide bonds. The molecule has 90 valence electrons. The van der Waals surface area contributed by atoms with E-state index in [0.29, 0.717) is 16.8 Å². The van der Waals surface area contributed by atoms with Crippen LogP contribution in [0.2, 0.25) is 0 Å². The van der Waals surface area contributed by atoms with Crippen LogP contribution >= 0.6 is 0 Å². The van der Waals surface area contributed by atoms with Gasteiger partial charge in [-0.25, -0.2) is 0 Å². The van der Waals surface area contributed by atoms with Crippen molar-refractivity contribution in [3.8, 4) is 11.8 Å². The van der Waals surface area contributed by atoms with E-state index >= 15 is 0 Å². The summed E-state index contributed by atoms with van der Waals surface area (Å²) >= 11 is 0. The maximum atomic E-state index is 11.9. The second-order valence-electron chi connectivity index (χ2n) is 4.18. The Morgan fingerprint density at radius 1 is 1.44 bits per heavy atom. The highest BCUT2D eigenvalue weighted by Crippen LogP contribution is 2.33. The van der Waals surface area contributed by atoms with Gasteiger partial charge >= 0.3 is 0 Å². The molecule has 1 aliphatic rings. The summed E-state index contributed by atoms with van der Waals surface area (Å²) < 4.78 is 7.04. The van der Waals surface area contributed by atoms with Crippen LogP contribution < -0.4 is 10.3 Å². The van der Waals surface area contributed by atoms with Gasteiger partial charge in [-0.05, 0) is 12.1 Å². The molecule has 3 rings (SSSR count). The minimum Gasteiger partial charge on any atom is -0.488 e. The van der Waals surface area contributed by atoms with Crippen LogP contribution in [-0.2, 0) is 0 Å². The first-order valence-electron chi connectivity index (χ1n) is 5.58. The molecular weight excluding hydrogens is 232 g/mol. The van der Waals surface area contributed by atoms with Crippen LogP contribution in [0.3, 0.4) is 0 Å². The second-order valence-corrected chi connectivity index (χ2v) is 4.18. The van der Waals surface area contributed by atoms with Crippen LogP contribution in [0.4, 0.5) is 0 Å². The second kappa shape index (κ2) is 3.86. The van der Waals surface area contributed by atoms with E-state index in [2.05, 4.69) is 0 Å². The van der Waals surface area contributed by atoms with Crippen molar-refractivity contribution in [1.29, 1.82) is 5.26 Å². The van der Waals surface area contributed by atoms with Crippen LogP contribution in [0.15, 0.2) is 29.1 Å². The Morgan fingerprint density at radius 2 is 2.22 bits per heavy atom. The number of hydrogen-bond donors (Lipinski definition) is 1. The third kappa shape index (κ3) is 1.33. The molecule has 0 spiro atoms. The van der Waals surface area contributed by atoms with Gasteiger partial charge in [-0.3, -0.25) is 9.36 Å². The topological polar surface area (TPSA) is 75.2 Å². The normalized spacial score (nSPS) is 17.2. The minimum absolute atomic E-state index is 0.171. The van der Waals surface area contributed by atoms with Crippen molar-refractivity contribution in [2.24, 2.45) is 0 Å². The van der Waals surface area contributed by atoms with Crippen molar-refractivity contribution in [1.82, 2.24) is 4.57 Å². The summed E-state index contributed by atoms with van der Waals surface area (Å²) in [5.41, 5.74) is 0.797. The van der Waals surface area contributed by atoms with Gasteiger partial charge in [-0.15, -0.1) is 0 Å². The van der Waals surface area contributed by atoms with Gasteiger partial charge in [-0.2, -0.15) is 5.26 Å². The SMILES string of the molecule is N#Cc1ccc2ccc(=O)n3c2c1OCC3CO. The molecule has 1 aromatic carbocycles. The number of pyridine rings is 1. The lowest BCUT2D eigenvalue weighted by Crippen LogP contribution is -2.34. The monoisotopic (exact) mass is 242 g/mol. The summed E-state index contributed by atoms with van der Waals surface area (Å²) in [6.45, 7) is 0.0243. The highest BCUT2D eigenvalue weighted by atomic mass is 16.5. The van der Waals surface area contributed by atoms with E-state index in [-0.39, 0.29) is 18.8 Å². The smallest absolute Gasteiger partial charge is 0.251 e. The van der Waals surface area contributed by atoms with E-state index in [1.165, 1.54) is 10.6 Å². The van der Waals surface area contributed by atoms with Crippen molar-refractivity contribution in [3.63, 3.8) is 0 Å². The van der Waals surface area contributed by atoms with E-state index < -0.39 is 6.04 Å². The first kappa shape index (κ1) is 10.8. The number of rotatable bonds is 1. The summed E-state index contributed by atoms with van der Waals surface area (Å²) in [7, 11) is 0. The van der Waals surface area contributed by atoms with Gasteiger partial charge in [0.25, 0.3) is 5.56 Å². The van der Waals surface area contributed by atoms with Crippen LogP contribution in [-0.4, -0.2) is 22.9 Å². The molecule has 5 nitrogen and oxygen atoms in total. The van der Waals surface area contributed by atoms with Crippen LogP contribution in [0.25, 0.3) is 10.9 Å². The number of benzene rings is 1. The van der Waals surface area contributed by atoms with E-state index in [0.717, 1.165) is 5.39 Å². The average molecular weight is 242 g/mol. The van der Waals surface area contributed by atoms with Gasteiger partial charge in [0.1, 0.15) is 12.7 Å². The van der Waals surface area contributed by atoms with Gasteiger partial charge in [-0.1, -0.05) is 6.07 Å². The summed E-state index contributed by atoms with van der Waals surface area (Å²) in [6.07, 6.45) is 0. The van der Waals surface area contributed by atoms with Crippen LogP contribution in [0.1, 0.15) is 11.6 Å². The van der Waals surface area contributed by atoms with Crippen molar-refractivity contribution in [2.45, 2.75) is 6.04 Å². The predicted molar refractivity (Wildman–Crippen MR) is 64.5 cm³/mol. The Labute approximate surface area is 102 Å². The largest absolute Gasteiger partial charge is 0.488 e. The van der Waals surface area contributed by atoms with Crippen molar-refractivity contribution >= 4 is 10.9 Å². The molecule has 1 aliphatic heterocycles. The fourth-order valence-electron chi connectivity index (χ4n) is 2.31. The average Bonchev–Trinajstić information content (AvgIpc) is 2.42. The minimum atomic E-state index is -0.400. The number of hydrogen-bond acceptors (Lipinski definition) is 4. The Morgan fingerprint density at radius 3 is 2.94 bits per heavy atom. The molecule has 0 bridgehead atoms. The van der Waals surface area contributed by atoms with E-state index in [4.69, 9.17) is 10.00 Å². The number of aromatic nitrogens is 1. The van der Waals surface area contributed by atoms with Crippen molar-refractivity contribution in [2.75, 3.05) is 13.2 Å². The quantitative estimate of drug-likeness (QED) is 0.802. The standard InChI is InChI=1S/C13H10N2O3/c14-5-9-2-1-8-3-4-11(17)15-10(6-16)7-18-13(9)12(8)15/h1-4,10,16H,6-7H2. The molecule has 1 atom stereocenters. The molecule has 0 fully saturated rings. The van der Waals surface area contributed by atoms with Crippen LogP contribution in [0, 0.1) is 11.3 Å². The highest BCUT2D eigenvalue weighted by Gasteiger charge is 2.24. The van der Waals surface area contributed by atoms with E-state index in [1.54, 1.807) is 18.2 Å². The first-order valence-corrected chi connectivity index (χ1v) is 5.58. The number of ether oxygens (including phenoxy) is 1. The van der Waals surface area contributed by atoms with E-state index in [9.17, 15) is 9.90 Å². The Balaban J connectivity index is 2.49. The Kier molecular flexibility index (Phi) is 2.32. The third-order valence-electron chi connectivity index (χ3n) is 3.16. The van der Waals surface area contributed by atoms with Gasteiger partial charge in [0.15, 0.2) is 5.75 Å². The third-order valence-corrected chi connectivity index (χ3v) is 3.16. The summed E-state index contributed by atoms with van der Waals surface area (Å²) in [5, 5.41) is 19.2. The van der Waals surface area contributed by atoms with Gasteiger partial charge in [0, 0.05) is 11.5 Å². The number of nitriles is 1. The molecule has 2 heterocycles. The first-order chi connectivity index (χ1) is 8.76. The Bertz CT molecular complexity index is 727. The molecular formula is C13H10N2O3. The molecule has 2 aromatic rings. The zero-order valence-electron chi connectivity index (χ0n) is 9.46. The zero-order chi connectivity index (χ0) is 12.7. The maximum Gasteiger partial charge on any atom is 0.251 e. The van der Waals surface area contributed by atoms with E-state index in [1.807, 2.05) is 6.07 Å². The molecule has 18 heavy (non-hydrogen) atoms. The lowest BCUT2D eigenvalue weighted by molar-refractivity contribution is 0.156. The lowest BCUT2D eigenvalue weighted by Gasteiger charge is -2.27. The van der Waals surface area contributed by atoms with Crippen molar-refractivity contribution < 1.29 is 9.84 Å².